The van der Waals surface area contributed by atoms with E-state index < -0.39 is 24.6 Å². The van der Waals surface area contributed by atoms with E-state index in [4.69, 9.17) is 19.6 Å². The van der Waals surface area contributed by atoms with Crippen molar-refractivity contribution in [2.75, 3.05) is 27.3 Å². The second-order valence-corrected chi connectivity index (χ2v) is 15.9. The molecule has 7 rings (SSSR count). The van der Waals surface area contributed by atoms with Crippen molar-refractivity contribution in [3.8, 4) is 33.2 Å². The van der Waals surface area contributed by atoms with Crippen LogP contribution in [0, 0.1) is 11.8 Å². The highest BCUT2D eigenvalue weighted by Gasteiger charge is 2.39. The number of amides is 3. The van der Waals surface area contributed by atoms with Gasteiger partial charge >= 0.3 is 6.09 Å². The Morgan fingerprint density at radius 1 is 0.857 bits per heavy atom. The average molecular weight is 788 g/mol. The minimum Gasteiger partial charge on any atom is -0.453 e. The number of ether oxygens (including phenoxy) is 2. The fourth-order valence-corrected chi connectivity index (χ4v) is 8.34. The lowest BCUT2D eigenvalue weighted by Gasteiger charge is -2.31. The number of benzene rings is 1. The second-order valence-electron chi connectivity index (χ2n) is 14.9. The molecule has 6 heterocycles. The van der Waals surface area contributed by atoms with Crippen LogP contribution < -0.4 is 10.6 Å². The van der Waals surface area contributed by atoms with Gasteiger partial charge in [-0.05, 0) is 43.1 Å². The van der Waals surface area contributed by atoms with Crippen LogP contribution in [0.1, 0.15) is 77.1 Å². The number of imidazole rings is 3. The van der Waals surface area contributed by atoms with Crippen LogP contribution >= 0.6 is 11.3 Å². The van der Waals surface area contributed by atoms with Gasteiger partial charge in [0, 0.05) is 25.8 Å². The fraction of sp³-hybridized carbons (Fsp3) is 0.500. The third-order valence-corrected chi connectivity index (χ3v) is 11.5. The van der Waals surface area contributed by atoms with Gasteiger partial charge in [0.2, 0.25) is 23.2 Å². The average Bonchev–Trinajstić information content (AvgIpc) is 4.04. The molecule has 5 N–H and O–H groups in total. The summed E-state index contributed by atoms with van der Waals surface area (Å²) in [5, 5.41) is 21.1. The van der Waals surface area contributed by atoms with Crippen molar-refractivity contribution in [2.45, 2.75) is 84.0 Å². The number of aliphatic hydroxyl groups excluding tert-OH is 1. The zero-order valence-electron chi connectivity index (χ0n) is 32.4. The number of carbonyl (C=O) groups is 3. The summed E-state index contributed by atoms with van der Waals surface area (Å²) < 4.78 is 11.5. The van der Waals surface area contributed by atoms with E-state index in [9.17, 15) is 19.5 Å². The number of H-pyrrole nitrogens is 2. The summed E-state index contributed by atoms with van der Waals surface area (Å²) in [7, 11) is 2.67. The Hall–Kier alpha value is -5.17. The Morgan fingerprint density at radius 2 is 1.43 bits per heavy atom. The van der Waals surface area contributed by atoms with Crippen molar-refractivity contribution in [3.63, 3.8) is 0 Å². The van der Waals surface area contributed by atoms with E-state index >= 15 is 0 Å². The van der Waals surface area contributed by atoms with Crippen LogP contribution in [0.25, 0.3) is 38.2 Å². The quantitative estimate of drug-likeness (QED) is 0.105. The molecule has 5 aromatic rings. The summed E-state index contributed by atoms with van der Waals surface area (Å²) in [4.78, 5) is 64.4. The van der Waals surface area contributed by atoms with E-state index in [-0.39, 0.29) is 35.7 Å². The topological polar surface area (TPSA) is 208 Å². The number of rotatable bonds is 13. The van der Waals surface area contributed by atoms with E-state index in [1.165, 1.54) is 25.6 Å². The zero-order valence-corrected chi connectivity index (χ0v) is 33.2. The first-order valence-corrected chi connectivity index (χ1v) is 19.8. The fourth-order valence-electron chi connectivity index (χ4n) is 7.49. The smallest absolute Gasteiger partial charge is 0.407 e. The molecular formula is C38H49N11O6S. The molecule has 298 valence electrons. The van der Waals surface area contributed by atoms with E-state index in [1.54, 1.807) is 21.8 Å². The maximum absolute atomic E-state index is 13.6. The maximum atomic E-state index is 13.6. The predicted molar refractivity (Wildman–Crippen MR) is 208 cm³/mol. The Bertz CT molecular complexity index is 2130. The van der Waals surface area contributed by atoms with Gasteiger partial charge in [0.15, 0.2) is 5.01 Å². The summed E-state index contributed by atoms with van der Waals surface area (Å²) in [6.07, 6.45) is 6.80. The summed E-state index contributed by atoms with van der Waals surface area (Å²) >= 11 is 1.44. The van der Waals surface area contributed by atoms with E-state index in [2.05, 4.69) is 30.6 Å². The second kappa shape index (κ2) is 16.5. The minimum absolute atomic E-state index is 0.0591. The Labute approximate surface area is 328 Å². The van der Waals surface area contributed by atoms with Gasteiger partial charge in [-0.1, -0.05) is 63.3 Å². The standard InChI is InChI=1S/C38H49N11O6S/c1-20(2)29(44-37(52)54-5)34(50)47-15-7-9-27(47)31-39-17-24(41-31)22-11-13-23(14-12-22)26-19-49-36(43-26)56-33(46-49)25-18-40-32(42-25)28-10-8-16-48(28)35(51)30(21(3)4)45-38(53)55-6/h11-14,17-21,27-30,38,45,53H,7-10,15-16H2,1-6H3,(H,39,41)(H,40,42)(H,44,52)/t27-,28?,29-,30-,38?/m0/s1. The molecular weight excluding hydrogens is 739 g/mol. The van der Waals surface area contributed by atoms with Gasteiger partial charge in [-0.3, -0.25) is 14.9 Å². The number of methoxy groups -OCH3 is 2. The predicted octanol–water partition coefficient (Wildman–Crippen LogP) is 4.48. The van der Waals surface area contributed by atoms with Crippen molar-refractivity contribution >= 4 is 34.2 Å². The molecule has 1 aromatic carbocycles. The van der Waals surface area contributed by atoms with Crippen molar-refractivity contribution in [1.29, 1.82) is 0 Å². The third kappa shape index (κ3) is 7.91. The van der Waals surface area contributed by atoms with Crippen LogP contribution in [-0.4, -0.2) is 113 Å². The number of aromatic nitrogens is 7. The number of nitrogens with one attached hydrogen (secondary N) is 4. The van der Waals surface area contributed by atoms with Gasteiger partial charge < -0.3 is 39.7 Å². The Balaban J connectivity index is 1.01. The highest BCUT2D eigenvalue weighted by atomic mass is 32.1. The number of fused-ring (bicyclic) bond motifs is 1. The summed E-state index contributed by atoms with van der Waals surface area (Å²) in [6.45, 7) is 8.84. The largest absolute Gasteiger partial charge is 0.453 e. The first kappa shape index (κ1) is 39.1. The SMILES string of the molecule is COC(=O)N[C@H](C(=O)N1CCC[C@H]1c1ncc(-c2ccc(-c3cn4nc(-c5cnc(C6CCCN6C(=O)[C@@H](NC(O)OC)C(C)C)[nH]5)sc4n3)cc2)[nH]1)C(C)C. The number of carbonyl (C=O) groups excluding carboxylic acids is 3. The highest BCUT2D eigenvalue weighted by Crippen LogP contribution is 2.35. The summed E-state index contributed by atoms with van der Waals surface area (Å²) in [5.74, 6) is 0.985. The number of nitrogens with zero attached hydrogens (tertiary/aromatic N) is 7. The molecule has 2 aliphatic heterocycles. The molecule has 0 saturated carbocycles. The minimum atomic E-state index is -1.24. The lowest BCUT2D eigenvalue weighted by Crippen LogP contribution is -2.52. The van der Waals surface area contributed by atoms with Crippen molar-refractivity contribution in [1.82, 2.24) is 55.0 Å². The third-order valence-electron chi connectivity index (χ3n) is 10.5. The van der Waals surface area contributed by atoms with E-state index in [0.29, 0.717) is 24.7 Å². The number of aromatic amines is 2. The molecule has 5 atom stereocenters. The number of hydrogen-bond donors (Lipinski definition) is 5. The molecule has 4 aromatic heterocycles. The monoisotopic (exact) mass is 787 g/mol. The number of aliphatic hydroxyl groups is 1. The van der Waals surface area contributed by atoms with E-state index in [1.807, 2.05) is 63.1 Å². The number of likely N-dealkylation sites (tertiary alicyclic amines) is 2. The van der Waals surface area contributed by atoms with Crippen molar-refractivity contribution in [3.05, 3.63) is 54.5 Å². The summed E-state index contributed by atoms with van der Waals surface area (Å²) in [6, 6.07) is 6.29. The number of hydrogen-bond acceptors (Lipinski definition) is 12. The van der Waals surface area contributed by atoms with Crippen molar-refractivity contribution in [2.24, 2.45) is 11.8 Å². The molecule has 2 unspecified atom stereocenters. The molecule has 2 saturated heterocycles. The molecule has 56 heavy (non-hydrogen) atoms. The van der Waals surface area contributed by atoms with Gasteiger partial charge in [-0.25, -0.2) is 24.3 Å². The Morgan fingerprint density at radius 3 is 2.00 bits per heavy atom. The highest BCUT2D eigenvalue weighted by molar-refractivity contribution is 7.19. The lowest BCUT2D eigenvalue weighted by molar-refractivity contribution is -0.145. The molecule has 2 fully saturated rings. The Kier molecular flexibility index (Phi) is 11.5. The van der Waals surface area contributed by atoms with Crippen LogP contribution in [-0.2, 0) is 19.1 Å². The molecule has 0 radical (unpaired) electrons. The maximum Gasteiger partial charge on any atom is 0.407 e. The van der Waals surface area contributed by atoms with E-state index in [0.717, 1.165) is 63.9 Å². The summed E-state index contributed by atoms with van der Waals surface area (Å²) in [5.41, 5.74) is 4.24. The number of alkyl carbamates (subject to hydrolysis) is 1. The van der Waals surface area contributed by atoms with Crippen molar-refractivity contribution < 1.29 is 29.0 Å². The first-order chi connectivity index (χ1) is 26.9. The normalized spacial score (nSPS) is 18.9. The van der Waals surface area contributed by atoms with Gasteiger partial charge in [-0.15, -0.1) is 0 Å². The lowest BCUT2D eigenvalue weighted by atomic mass is 10.0. The molecule has 0 aliphatic carbocycles. The van der Waals surface area contributed by atoms with Gasteiger partial charge in [-0.2, -0.15) is 5.10 Å². The van der Waals surface area contributed by atoms with Crippen LogP contribution in [0.15, 0.2) is 42.9 Å². The van der Waals surface area contributed by atoms with Gasteiger partial charge in [0.1, 0.15) is 17.7 Å². The zero-order chi connectivity index (χ0) is 39.7. The molecule has 2 aliphatic rings. The van der Waals surface area contributed by atoms with Crippen LogP contribution in [0.5, 0.6) is 0 Å². The molecule has 0 bridgehead atoms. The molecule has 17 nitrogen and oxygen atoms in total. The van der Waals surface area contributed by atoms with Gasteiger partial charge in [0.25, 0.3) is 0 Å². The van der Waals surface area contributed by atoms with Crippen LogP contribution in [0.4, 0.5) is 4.79 Å². The van der Waals surface area contributed by atoms with Gasteiger partial charge in [0.05, 0.1) is 60.9 Å². The first-order valence-electron chi connectivity index (χ1n) is 18.9. The molecule has 0 spiro atoms. The van der Waals surface area contributed by atoms with Crippen LogP contribution in [0.3, 0.4) is 0 Å². The van der Waals surface area contributed by atoms with Crippen LogP contribution in [0.2, 0.25) is 0 Å². The molecule has 18 heteroatoms. The molecule has 3 amide bonds.